The summed E-state index contributed by atoms with van der Waals surface area (Å²) in [6.45, 7) is 0. The third kappa shape index (κ3) is 8.85. The first-order chi connectivity index (χ1) is 67.1. The first-order valence-electron chi connectivity index (χ1n) is 46.4. The van der Waals surface area contributed by atoms with E-state index in [4.69, 9.17) is 15.0 Å². The van der Waals surface area contributed by atoms with Crippen LogP contribution in [0.3, 0.4) is 0 Å². The molecule has 620 valence electrons. The molecule has 0 saturated carbocycles. The molecule has 12 heteroatoms. The number of rotatable bonds is 5. The molecular weight excluding hydrogens is 1650 g/mol. The summed E-state index contributed by atoms with van der Waals surface area (Å²) >= 11 is 0. The molecular formula is C123H68N12. The van der Waals surface area contributed by atoms with Crippen molar-refractivity contribution >= 4 is 262 Å². The van der Waals surface area contributed by atoms with Gasteiger partial charge in [-0.2, -0.15) is 0 Å². The lowest BCUT2D eigenvalue weighted by atomic mass is 9.91. The van der Waals surface area contributed by atoms with Crippen LogP contribution in [-0.4, -0.2) is 55.1 Å². The first-order valence-corrected chi connectivity index (χ1v) is 46.4. The number of benzene rings is 23. The maximum absolute atomic E-state index is 5.16. The van der Waals surface area contributed by atoms with Crippen LogP contribution in [0.15, 0.2) is 413 Å². The Morgan fingerprint density at radius 3 is 0.926 bits per heavy atom. The molecule has 0 bridgehead atoms. The molecule has 0 spiro atoms. The molecule has 35 aromatic rings. The summed E-state index contributed by atoms with van der Waals surface area (Å²) in [5.74, 6) is 2.78. The minimum atomic E-state index is 0.922. The summed E-state index contributed by atoms with van der Waals surface area (Å²) in [6, 6.07) is 150. The van der Waals surface area contributed by atoms with Crippen molar-refractivity contribution in [1.29, 1.82) is 0 Å². The van der Waals surface area contributed by atoms with Crippen LogP contribution in [0.25, 0.3) is 302 Å². The molecule has 12 nitrogen and oxygen atoms in total. The maximum Gasteiger partial charge on any atom is 0.220 e. The summed E-state index contributed by atoms with van der Waals surface area (Å²) in [7, 11) is 0. The van der Waals surface area contributed by atoms with Gasteiger partial charge in [0, 0.05) is 92.8 Å². The van der Waals surface area contributed by atoms with Crippen LogP contribution in [0.1, 0.15) is 0 Å². The Kier molecular flexibility index (Phi) is 13.3. The highest BCUT2D eigenvalue weighted by Gasteiger charge is 2.31. The highest BCUT2D eigenvalue weighted by molar-refractivity contribution is 6.42. The SMILES string of the molecule is c1ccc(-n2c3c(-c4ccc5c(c4)c4ccc6c7ccccc7c7cccc8c7c6c4n58)cccc3n3c4ccccc4nc23)cc1.c1ccc(-n2c3c(-c4ccc5c(c4)c4ccc6c7ccccc7n7c8cccc5c8c4c67)cccc3n3c4ccccc4nc23)cc1.c1ccc2c(c1)nc1n(-c3ccc4c(c3)c3ccc5c6ccccc6c6cccc7c6c5c3n47)c3ccccc3n21. The monoisotopic (exact) mass is 1710 g/mol. The van der Waals surface area contributed by atoms with Gasteiger partial charge in [0.25, 0.3) is 0 Å². The molecule has 135 heavy (non-hydrogen) atoms. The molecule has 0 unspecified atom stereocenters. The first kappa shape index (κ1) is 70.6. The van der Waals surface area contributed by atoms with Gasteiger partial charge < -0.3 is 13.2 Å². The maximum atomic E-state index is 5.16. The molecule has 0 radical (unpaired) electrons. The molecule has 12 aromatic heterocycles. The average Bonchev–Trinajstić information content (AvgIpc) is 1.52. The van der Waals surface area contributed by atoms with Crippen molar-refractivity contribution < 1.29 is 0 Å². The van der Waals surface area contributed by atoms with Crippen LogP contribution in [0.4, 0.5) is 0 Å². The Morgan fingerprint density at radius 1 is 0.141 bits per heavy atom. The summed E-state index contributed by atoms with van der Waals surface area (Å²) in [5, 5.41) is 31.8. The van der Waals surface area contributed by atoms with Gasteiger partial charge in [0.15, 0.2) is 0 Å². The zero-order chi connectivity index (χ0) is 87.2. The largest absolute Gasteiger partial charge is 0.308 e. The lowest BCUT2D eigenvalue weighted by molar-refractivity contribution is 1.11. The van der Waals surface area contributed by atoms with E-state index < -0.39 is 0 Å². The fourth-order valence-electron chi connectivity index (χ4n) is 25.1. The van der Waals surface area contributed by atoms with Crippen LogP contribution >= 0.6 is 0 Å². The second-order valence-corrected chi connectivity index (χ2v) is 36.8. The fourth-order valence-corrected chi connectivity index (χ4v) is 25.1. The highest BCUT2D eigenvalue weighted by atomic mass is 15.2. The number of imidazole rings is 6. The van der Waals surface area contributed by atoms with Crippen molar-refractivity contribution in [2.24, 2.45) is 0 Å². The molecule has 0 atom stereocenters. The smallest absolute Gasteiger partial charge is 0.220 e. The fraction of sp³-hybridized carbons (Fsp3) is 0. The third-order valence-corrected chi connectivity index (χ3v) is 30.4. The minimum Gasteiger partial charge on any atom is -0.308 e. The summed E-state index contributed by atoms with van der Waals surface area (Å²) in [5.41, 5.74) is 32.9. The third-order valence-electron chi connectivity index (χ3n) is 30.4. The van der Waals surface area contributed by atoms with Gasteiger partial charge in [0.1, 0.15) is 0 Å². The quantitative estimate of drug-likeness (QED) is 0.161. The Balaban J connectivity index is 0.0000000914. The van der Waals surface area contributed by atoms with Gasteiger partial charge in [-0.1, -0.05) is 267 Å². The minimum absolute atomic E-state index is 0.922. The van der Waals surface area contributed by atoms with Crippen LogP contribution < -0.4 is 0 Å². The van der Waals surface area contributed by atoms with Crippen LogP contribution in [0, 0.1) is 0 Å². The van der Waals surface area contributed by atoms with E-state index >= 15 is 0 Å². The number of fused-ring (bicyclic) bond motifs is 36. The zero-order valence-corrected chi connectivity index (χ0v) is 72.1. The number of aromatic nitrogens is 12. The van der Waals surface area contributed by atoms with Crippen molar-refractivity contribution in [2.45, 2.75) is 0 Å². The Labute approximate surface area is 764 Å². The molecule has 0 saturated heterocycles. The molecule has 0 amide bonds. The highest BCUT2D eigenvalue weighted by Crippen LogP contribution is 2.53. The van der Waals surface area contributed by atoms with Gasteiger partial charge >= 0.3 is 0 Å². The lowest BCUT2D eigenvalue weighted by Gasteiger charge is -2.13. The van der Waals surface area contributed by atoms with Crippen molar-refractivity contribution in [3.63, 3.8) is 0 Å². The van der Waals surface area contributed by atoms with E-state index in [2.05, 4.69) is 453 Å². The van der Waals surface area contributed by atoms with Crippen LogP contribution in [0.5, 0.6) is 0 Å². The molecule has 0 N–H and O–H groups in total. The van der Waals surface area contributed by atoms with Crippen LogP contribution in [-0.2, 0) is 0 Å². The van der Waals surface area contributed by atoms with E-state index in [-0.39, 0.29) is 0 Å². The number of hydrogen-bond acceptors (Lipinski definition) is 3. The Bertz CT molecular complexity index is 11300. The average molecular weight is 1710 g/mol. The molecule has 12 heterocycles. The normalized spacial score (nSPS) is 12.7. The molecule has 23 aromatic carbocycles. The molecule has 0 fully saturated rings. The van der Waals surface area contributed by atoms with E-state index in [0.29, 0.717) is 0 Å². The summed E-state index contributed by atoms with van der Waals surface area (Å²) < 4.78 is 21.4. The van der Waals surface area contributed by atoms with Gasteiger partial charge in [0.2, 0.25) is 17.3 Å². The van der Waals surface area contributed by atoms with Crippen molar-refractivity contribution in [3.8, 4) is 39.3 Å². The summed E-state index contributed by atoms with van der Waals surface area (Å²) in [6.07, 6.45) is 0. The standard InChI is InChI=1S/2C43H24N4.C37H20N4/c1-2-10-26(11-3-1)45-41-27(13-8-19-38(41)47-36-17-7-5-15-34(36)44-43(45)47)25-20-21-28-30-14-9-18-37-39(30)40-31(33(28)24-25)22-23-32-29-12-4-6-16-35(29)46(37)42(32)40;1-2-10-26(11-3-1)45-41-27(14-8-19-38(41)47-36-17-7-6-16-34(36)44-43(45)47)25-20-23-35-33(24-25)32-22-21-31-29-13-5-4-12-28(29)30-15-9-18-37-39(30)40(31)42(32)46(35)37;1-2-9-23-22(8-1)24-10-7-15-33-34(24)35-25(23)17-18-26-27-20-21(16-19-29(27)40(33)36(26)35)39-31-13-5-6-14-32(31)41-30-12-4-3-11-28(30)38-37(39)41/h2*1-24H;1-20H. The number of para-hydroxylation sites is 13. The second-order valence-electron chi connectivity index (χ2n) is 36.8. The van der Waals surface area contributed by atoms with E-state index in [9.17, 15) is 0 Å². The van der Waals surface area contributed by atoms with Gasteiger partial charge in [-0.25, -0.2) is 15.0 Å². The number of hydrogen-bond donors (Lipinski definition) is 0. The molecule has 0 aliphatic carbocycles. The summed E-state index contributed by atoms with van der Waals surface area (Å²) in [4.78, 5) is 15.4. The van der Waals surface area contributed by atoms with Gasteiger partial charge in [-0.15, -0.1) is 0 Å². The topological polar surface area (TPSA) is 79.9 Å². The molecule has 0 aliphatic heterocycles. The van der Waals surface area contributed by atoms with Crippen molar-refractivity contribution in [2.75, 3.05) is 0 Å². The molecule has 35 rings (SSSR count). The second kappa shape index (κ2) is 25.4. The molecule has 0 aliphatic rings. The van der Waals surface area contributed by atoms with Crippen molar-refractivity contribution in [1.82, 2.24) is 55.1 Å². The van der Waals surface area contributed by atoms with Gasteiger partial charge in [0.05, 0.1) is 116 Å². The Morgan fingerprint density at radius 2 is 0.444 bits per heavy atom. The lowest BCUT2D eigenvalue weighted by Crippen LogP contribution is -1.96. The van der Waals surface area contributed by atoms with E-state index in [1.54, 1.807) is 0 Å². The predicted octanol–water partition coefficient (Wildman–Crippen LogP) is 31.3. The van der Waals surface area contributed by atoms with Gasteiger partial charge in [-0.3, -0.25) is 26.9 Å². The van der Waals surface area contributed by atoms with E-state index in [1.807, 2.05) is 0 Å². The van der Waals surface area contributed by atoms with E-state index in [1.165, 1.54) is 201 Å². The predicted molar refractivity (Wildman–Crippen MR) is 562 cm³/mol. The van der Waals surface area contributed by atoms with E-state index in [0.717, 1.165) is 101 Å². The van der Waals surface area contributed by atoms with Gasteiger partial charge in [-0.05, 0) is 221 Å². The number of nitrogens with zero attached hydrogens (tertiary/aromatic N) is 12. The Hall–Kier alpha value is -18.4. The van der Waals surface area contributed by atoms with Crippen LogP contribution in [0.2, 0.25) is 0 Å². The zero-order valence-electron chi connectivity index (χ0n) is 72.1. The van der Waals surface area contributed by atoms with Crippen molar-refractivity contribution in [3.05, 3.63) is 413 Å².